The van der Waals surface area contributed by atoms with Crippen LogP contribution >= 0.6 is 11.5 Å². The maximum atomic E-state index is 4.59. The van der Waals surface area contributed by atoms with Gasteiger partial charge in [0.1, 0.15) is 11.3 Å². The van der Waals surface area contributed by atoms with Crippen LogP contribution in [0, 0.1) is 0 Å². The molecule has 0 fully saturated rings. The summed E-state index contributed by atoms with van der Waals surface area (Å²) in [4.78, 5) is 7.91. The molecule has 2 aromatic heterocycles. The Bertz CT molecular complexity index is 813. The summed E-state index contributed by atoms with van der Waals surface area (Å²) in [6.45, 7) is 0. The molecule has 0 aliphatic rings. The van der Waals surface area contributed by atoms with Crippen molar-refractivity contribution in [3.8, 4) is 11.4 Å². The molecule has 0 spiro atoms. The van der Waals surface area contributed by atoms with Crippen LogP contribution in [0.2, 0.25) is 0 Å². The zero-order chi connectivity index (χ0) is 11.9. The van der Waals surface area contributed by atoms with Crippen LogP contribution in [0.3, 0.4) is 0 Å². The average Bonchev–Trinajstić information content (AvgIpc) is 3.04. The summed E-state index contributed by atoms with van der Waals surface area (Å²) in [6.07, 6.45) is 0. The SMILES string of the molecule is c1ccc2[nH]c(-c3cccc4snnc34)nc2c1. The predicted molar refractivity (Wildman–Crippen MR) is 72.5 cm³/mol. The highest BCUT2D eigenvalue weighted by Gasteiger charge is 2.10. The first-order valence-corrected chi connectivity index (χ1v) is 6.35. The molecule has 86 valence electrons. The van der Waals surface area contributed by atoms with Crippen molar-refractivity contribution in [2.75, 3.05) is 0 Å². The summed E-state index contributed by atoms with van der Waals surface area (Å²) in [5.41, 5.74) is 3.90. The second-order valence-corrected chi connectivity index (χ2v) is 4.81. The molecule has 4 nitrogen and oxygen atoms in total. The highest BCUT2D eigenvalue weighted by atomic mass is 32.1. The lowest BCUT2D eigenvalue weighted by atomic mass is 10.2. The second-order valence-electron chi connectivity index (χ2n) is 4.03. The van der Waals surface area contributed by atoms with Crippen molar-refractivity contribution in [3.63, 3.8) is 0 Å². The van der Waals surface area contributed by atoms with Crippen LogP contribution in [0.1, 0.15) is 0 Å². The molecule has 0 aliphatic heterocycles. The van der Waals surface area contributed by atoms with Crippen LogP contribution in [0.5, 0.6) is 0 Å². The van der Waals surface area contributed by atoms with Crippen LogP contribution in [0.4, 0.5) is 0 Å². The molecule has 18 heavy (non-hydrogen) atoms. The van der Waals surface area contributed by atoms with E-state index >= 15 is 0 Å². The van der Waals surface area contributed by atoms with E-state index in [9.17, 15) is 0 Å². The maximum Gasteiger partial charge on any atom is 0.140 e. The number of para-hydroxylation sites is 2. The van der Waals surface area contributed by atoms with Crippen LogP contribution in [0.15, 0.2) is 42.5 Å². The third-order valence-electron chi connectivity index (χ3n) is 2.92. The third kappa shape index (κ3) is 1.34. The minimum atomic E-state index is 0.842. The van der Waals surface area contributed by atoms with E-state index in [4.69, 9.17) is 0 Å². The zero-order valence-corrected chi connectivity index (χ0v) is 10.1. The van der Waals surface area contributed by atoms with Gasteiger partial charge in [0.2, 0.25) is 0 Å². The van der Waals surface area contributed by atoms with Gasteiger partial charge in [-0.25, -0.2) is 4.98 Å². The molecule has 0 aliphatic carbocycles. The van der Waals surface area contributed by atoms with Gasteiger partial charge in [-0.3, -0.25) is 0 Å². The number of imidazole rings is 1. The first-order chi connectivity index (χ1) is 8.92. The Labute approximate surface area is 106 Å². The van der Waals surface area contributed by atoms with Crippen molar-refractivity contribution in [2.24, 2.45) is 0 Å². The summed E-state index contributed by atoms with van der Waals surface area (Å²) < 4.78 is 5.07. The van der Waals surface area contributed by atoms with Crippen molar-refractivity contribution in [1.29, 1.82) is 0 Å². The molecular formula is C13H8N4S. The van der Waals surface area contributed by atoms with Gasteiger partial charge in [-0.1, -0.05) is 22.7 Å². The van der Waals surface area contributed by atoms with Crippen LogP contribution in [-0.2, 0) is 0 Å². The van der Waals surface area contributed by atoms with E-state index in [0.29, 0.717) is 0 Å². The third-order valence-corrected chi connectivity index (χ3v) is 3.61. The van der Waals surface area contributed by atoms with Gasteiger partial charge in [0.25, 0.3) is 0 Å². The molecule has 1 N–H and O–H groups in total. The maximum absolute atomic E-state index is 4.59. The van der Waals surface area contributed by atoms with Gasteiger partial charge in [-0.2, -0.15) is 0 Å². The Morgan fingerprint density at radius 3 is 2.89 bits per heavy atom. The van der Waals surface area contributed by atoms with E-state index in [-0.39, 0.29) is 0 Å². The van der Waals surface area contributed by atoms with Crippen LogP contribution in [-0.4, -0.2) is 19.6 Å². The lowest BCUT2D eigenvalue weighted by Gasteiger charge is -1.96. The monoisotopic (exact) mass is 252 g/mol. The second kappa shape index (κ2) is 3.61. The van der Waals surface area contributed by atoms with Crippen molar-refractivity contribution in [2.45, 2.75) is 0 Å². The first kappa shape index (κ1) is 9.73. The Balaban J connectivity index is 2.04. The lowest BCUT2D eigenvalue weighted by Crippen LogP contribution is -1.82. The molecule has 0 amide bonds. The number of nitrogens with one attached hydrogen (secondary N) is 1. The van der Waals surface area contributed by atoms with Gasteiger partial charge in [0.15, 0.2) is 0 Å². The van der Waals surface area contributed by atoms with Gasteiger partial charge in [0, 0.05) is 5.56 Å². The summed E-state index contributed by atoms with van der Waals surface area (Å²) in [5.74, 6) is 0.842. The molecule has 0 saturated carbocycles. The molecule has 0 bridgehead atoms. The first-order valence-electron chi connectivity index (χ1n) is 5.58. The van der Waals surface area contributed by atoms with E-state index < -0.39 is 0 Å². The minimum Gasteiger partial charge on any atom is -0.338 e. The fraction of sp³-hybridized carbons (Fsp3) is 0. The van der Waals surface area contributed by atoms with E-state index in [2.05, 4.69) is 19.6 Å². The molecule has 4 aromatic rings. The Morgan fingerprint density at radius 2 is 1.94 bits per heavy atom. The molecule has 5 heteroatoms. The van der Waals surface area contributed by atoms with Gasteiger partial charge in [-0.05, 0) is 35.8 Å². The van der Waals surface area contributed by atoms with E-state index in [1.54, 1.807) is 0 Å². The number of H-pyrrole nitrogens is 1. The quantitative estimate of drug-likeness (QED) is 0.566. The number of hydrogen-bond donors (Lipinski definition) is 1. The molecule has 0 saturated heterocycles. The van der Waals surface area contributed by atoms with Crippen molar-refractivity contribution >= 4 is 32.8 Å². The molecule has 0 atom stereocenters. The fourth-order valence-corrected chi connectivity index (χ4v) is 2.66. The Kier molecular flexibility index (Phi) is 1.95. The number of rotatable bonds is 1. The topological polar surface area (TPSA) is 54.5 Å². The predicted octanol–water partition coefficient (Wildman–Crippen LogP) is 3.23. The normalized spacial score (nSPS) is 11.3. The van der Waals surface area contributed by atoms with Gasteiger partial charge in [-0.15, -0.1) is 5.10 Å². The van der Waals surface area contributed by atoms with Crippen LogP contribution < -0.4 is 0 Å². The highest BCUT2D eigenvalue weighted by molar-refractivity contribution is 7.13. The molecule has 0 radical (unpaired) electrons. The number of benzene rings is 2. The van der Waals surface area contributed by atoms with Gasteiger partial charge >= 0.3 is 0 Å². The van der Waals surface area contributed by atoms with Gasteiger partial charge < -0.3 is 4.98 Å². The fourth-order valence-electron chi connectivity index (χ4n) is 2.08. The van der Waals surface area contributed by atoms with Crippen molar-refractivity contribution in [3.05, 3.63) is 42.5 Å². The lowest BCUT2D eigenvalue weighted by molar-refractivity contribution is 1.19. The Hall–Kier alpha value is -2.27. The highest BCUT2D eigenvalue weighted by Crippen LogP contribution is 2.28. The number of aromatic amines is 1. The number of fused-ring (bicyclic) bond motifs is 2. The minimum absolute atomic E-state index is 0.842. The summed E-state index contributed by atoms with van der Waals surface area (Å²) >= 11 is 1.40. The molecule has 4 rings (SSSR count). The van der Waals surface area contributed by atoms with E-state index in [1.807, 2.05) is 42.5 Å². The summed E-state index contributed by atoms with van der Waals surface area (Å²) in [6, 6.07) is 14.0. The van der Waals surface area contributed by atoms with Gasteiger partial charge in [0.05, 0.1) is 15.7 Å². The number of aromatic nitrogens is 4. The smallest absolute Gasteiger partial charge is 0.140 e. The van der Waals surface area contributed by atoms with Crippen molar-refractivity contribution in [1.82, 2.24) is 19.6 Å². The number of nitrogens with zero attached hydrogens (tertiary/aromatic N) is 3. The summed E-state index contributed by atoms with van der Waals surface area (Å²) in [5, 5.41) is 4.17. The standard InChI is InChI=1S/C13H8N4S/c1-2-6-10-9(5-1)14-13(15-10)8-4-3-7-11-12(8)16-17-18-11/h1-7H,(H,14,15). The Morgan fingerprint density at radius 1 is 1.00 bits per heavy atom. The van der Waals surface area contributed by atoms with E-state index in [0.717, 1.165) is 32.6 Å². The van der Waals surface area contributed by atoms with Crippen molar-refractivity contribution < 1.29 is 0 Å². The molecule has 0 unspecified atom stereocenters. The molecular weight excluding hydrogens is 244 g/mol. The number of hydrogen-bond acceptors (Lipinski definition) is 4. The largest absolute Gasteiger partial charge is 0.338 e. The van der Waals surface area contributed by atoms with E-state index in [1.165, 1.54) is 11.5 Å². The molecule has 2 heterocycles. The summed E-state index contributed by atoms with van der Waals surface area (Å²) in [7, 11) is 0. The zero-order valence-electron chi connectivity index (χ0n) is 9.29. The average molecular weight is 252 g/mol. The molecule has 2 aromatic carbocycles. The van der Waals surface area contributed by atoms with Crippen LogP contribution in [0.25, 0.3) is 32.6 Å².